The number of benzene rings is 1. The van der Waals surface area contributed by atoms with E-state index in [9.17, 15) is 9.18 Å². The minimum Gasteiger partial charge on any atom is -0.464 e. The topological polar surface area (TPSA) is 87.3 Å². The lowest BCUT2D eigenvalue weighted by atomic mass is 10.1. The van der Waals surface area contributed by atoms with Crippen LogP contribution in [0.3, 0.4) is 0 Å². The molecular weight excluding hydrogens is 313 g/mol. The number of furan rings is 1. The number of ether oxygens (including phenoxy) is 1. The minimum absolute atomic E-state index is 0.000258. The Bertz CT molecular complexity index is 752. The highest BCUT2D eigenvalue weighted by molar-refractivity contribution is 5.74. The van der Waals surface area contributed by atoms with E-state index in [1.54, 1.807) is 19.1 Å². The minimum atomic E-state index is -0.538. The van der Waals surface area contributed by atoms with Gasteiger partial charge in [0.1, 0.15) is 23.4 Å². The molecule has 1 atom stereocenters. The van der Waals surface area contributed by atoms with Gasteiger partial charge in [0, 0.05) is 19.2 Å². The molecule has 0 aliphatic heterocycles. The molecule has 7 heteroatoms. The third kappa shape index (κ3) is 4.57. The van der Waals surface area contributed by atoms with Crippen LogP contribution in [0, 0.1) is 24.1 Å². The van der Waals surface area contributed by atoms with Gasteiger partial charge in [0.05, 0.1) is 18.2 Å². The number of hydrogen-bond donors (Lipinski definition) is 2. The molecule has 0 spiro atoms. The zero-order valence-electron chi connectivity index (χ0n) is 13.4. The molecule has 0 saturated carbocycles. The van der Waals surface area contributed by atoms with Crippen LogP contribution in [0.15, 0.2) is 34.7 Å². The van der Waals surface area contributed by atoms with Crippen LogP contribution < -0.4 is 10.6 Å². The van der Waals surface area contributed by atoms with E-state index in [1.165, 1.54) is 19.2 Å². The van der Waals surface area contributed by atoms with Crippen molar-refractivity contribution in [2.24, 2.45) is 0 Å². The number of amides is 2. The van der Waals surface area contributed by atoms with Crippen molar-refractivity contribution in [1.29, 1.82) is 5.26 Å². The summed E-state index contributed by atoms with van der Waals surface area (Å²) >= 11 is 0. The number of aryl methyl sites for hydroxylation is 1. The lowest BCUT2D eigenvalue weighted by Gasteiger charge is -2.16. The van der Waals surface area contributed by atoms with Gasteiger partial charge in [-0.25, -0.2) is 9.18 Å². The van der Waals surface area contributed by atoms with Gasteiger partial charge in [-0.05, 0) is 31.2 Å². The van der Waals surface area contributed by atoms with Crippen molar-refractivity contribution < 1.29 is 18.3 Å². The number of carbonyl (C=O) groups excluding carboxylic acids is 1. The Labute approximate surface area is 139 Å². The summed E-state index contributed by atoms with van der Waals surface area (Å²) in [5.74, 6) is 0.770. The van der Waals surface area contributed by atoms with Crippen molar-refractivity contribution in [2.45, 2.75) is 19.5 Å². The molecule has 0 aliphatic carbocycles. The molecule has 0 bridgehead atoms. The van der Waals surface area contributed by atoms with E-state index in [0.717, 1.165) is 11.8 Å². The van der Waals surface area contributed by atoms with Crippen molar-refractivity contribution in [3.8, 4) is 6.07 Å². The summed E-state index contributed by atoms with van der Waals surface area (Å²) < 4.78 is 24.4. The molecule has 24 heavy (non-hydrogen) atoms. The summed E-state index contributed by atoms with van der Waals surface area (Å²) in [7, 11) is 1.52. The van der Waals surface area contributed by atoms with Crippen LogP contribution in [0.2, 0.25) is 0 Å². The Hall–Kier alpha value is -2.85. The Morgan fingerprint density at radius 1 is 1.42 bits per heavy atom. The number of methoxy groups -OCH3 is 1. The molecule has 1 aromatic carbocycles. The highest BCUT2D eigenvalue weighted by atomic mass is 19.1. The average Bonchev–Trinajstić information content (AvgIpc) is 2.99. The van der Waals surface area contributed by atoms with Crippen molar-refractivity contribution >= 4 is 6.03 Å². The van der Waals surface area contributed by atoms with Crippen molar-refractivity contribution in [3.63, 3.8) is 0 Å². The van der Waals surface area contributed by atoms with Gasteiger partial charge in [-0.15, -0.1) is 0 Å². The van der Waals surface area contributed by atoms with Crippen LogP contribution in [0.4, 0.5) is 9.18 Å². The lowest BCUT2D eigenvalue weighted by Crippen LogP contribution is -2.39. The van der Waals surface area contributed by atoms with Crippen molar-refractivity contribution in [2.75, 3.05) is 13.7 Å². The highest BCUT2D eigenvalue weighted by Crippen LogP contribution is 2.16. The molecule has 6 nitrogen and oxygen atoms in total. The van der Waals surface area contributed by atoms with Crippen LogP contribution in [0.1, 0.15) is 28.7 Å². The molecule has 2 rings (SSSR count). The Morgan fingerprint density at radius 2 is 2.21 bits per heavy atom. The maximum absolute atomic E-state index is 13.8. The molecule has 0 radical (unpaired) electrons. The monoisotopic (exact) mass is 331 g/mol. The first-order valence-corrected chi connectivity index (χ1v) is 7.31. The summed E-state index contributed by atoms with van der Waals surface area (Å²) in [6.45, 7) is 2.05. The molecule has 1 heterocycles. The molecular formula is C17H18FN3O3. The maximum atomic E-state index is 13.8. The van der Waals surface area contributed by atoms with Gasteiger partial charge in [-0.3, -0.25) is 0 Å². The molecule has 0 saturated heterocycles. The maximum Gasteiger partial charge on any atom is 0.315 e. The molecule has 0 aliphatic rings. The van der Waals surface area contributed by atoms with Gasteiger partial charge in [-0.1, -0.05) is 6.07 Å². The van der Waals surface area contributed by atoms with E-state index < -0.39 is 17.9 Å². The fraction of sp³-hybridized carbons (Fsp3) is 0.294. The molecule has 2 N–H and O–H groups in total. The van der Waals surface area contributed by atoms with Crippen LogP contribution >= 0.6 is 0 Å². The first-order valence-electron chi connectivity index (χ1n) is 7.31. The van der Waals surface area contributed by atoms with E-state index >= 15 is 0 Å². The number of halogens is 1. The largest absolute Gasteiger partial charge is 0.464 e. The van der Waals surface area contributed by atoms with Crippen LogP contribution in [0.25, 0.3) is 0 Å². The standard InChI is InChI=1S/C17H18FN3O3/c1-11-3-6-16(24-11)15(10-23-2)21-17(22)20-9-13-5-4-12(8-19)7-14(13)18/h3-7,15H,9-10H2,1-2H3,(H2,20,21,22)/t15-/m0/s1. The highest BCUT2D eigenvalue weighted by Gasteiger charge is 2.18. The van der Waals surface area contributed by atoms with Gasteiger partial charge < -0.3 is 19.8 Å². The third-order valence-corrected chi connectivity index (χ3v) is 3.36. The van der Waals surface area contributed by atoms with Crippen LogP contribution in [0.5, 0.6) is 0 Å². The van der Waals surface area contributed by atoms with E-state index in [-0.39, 0.29) is 18.7 Å². The summed E-state index contributed by atoms with van der Waals surface area (Å²) in [5.41, 5.74) is 0.523. The Balaban J connectivity index is 1.95. The quantitative estimate of drug-likeness (QED) is 0.852. The first kappa shape index (κ1) is 17.5. The summed E-state index contributed by atoms with van der Waals surface area (Å²) in [6.07, 6.45) is 0. The molecule has 126 valence electrons. The van der Waals surface area contributed by atoms with E-state index in [0.29, 0.717) is 11.3 Å². The smallest absolute Gasteiger partial charge is 0.315 e. The predicted octanol–water partition coefficient (Wildman–Crippen LogP) is 2.79. The van der Waals surface area contributed by atoms with Crippen molar-refractivity contribution in [3.05, 3.63) is 58.8 Å². The second-order valence-corrected chi connectivity index (χ2v) is 5.20. The number of nitrogens with zero attached hydrogens (tertiary/aromatic N) is 1. The fourth-order valence-corrected chi connectivity index (χ4v) is 2.15. The zero-order chi connectivity index (χ0) is 17.5. The van der Waals surface area contributed by atoms with E-state index in [4.69, 9.17) is 14.4 Å². The van der Waals surface area contributed by atoms with Gasteiger partial charge in [-0.2, -0.15) is 5.26 Å². The molecule has 2 amide bonds. The number of carbonyl (C=O) groups is 1. The van der Waals surface area contributed by atoms with Gasteiger partial charge in [0.25, 0.3) is 0 Å². The van der Waals surface area contributed by atoms with Gasteiger partial charge in [0.2, 0.25) is 0 Å². The number of urea groups is 1. The Kier molecular flexibility index (Phi) is 5.93. The Morgan fingerprint density at radius 3 is 2.79 bits per heavy atom. The normalized spacial score (nSPS) is 11.6. The third-order valence-electron chi connectivity index (χ3n) is 3.36. The first-order chi connectivity index (χ1) is 11.5. The predicted molar refractivity (Wildman–Crippen MR) is 84.5 cm³/mol. The molecule has 0 unspecified atom stereocenters. The number of nitriles is 1. The number of hydrogen-bond acceptors (Lipinski definition) is 4. The van der Waals surface area contributed by atoms with Crippen LogP contribution in [-0.2, 0) is 11.3 Å². The van der Waals surface area contributed by atoms with Gasteiger partial charge in [0.15, 0.2) is 0 Å². The number of rotatable bonds is 6. The molecule has 0 fully saturated rings. The van der Waals surface area contributed by atoms with Crippen LogP contribution in [-0.4, -0.2) is 19.7 Å². The fourth-order valence-electron chi connectivity index (χ4n) is 2.15. The van der Waals surface area contributed by atoms with E-state index in [1.807, 2.05) is 6.07 Å². The lowest BCUT2D eigenvalue weighted by molar-refractivity contribution is 0.156. The number of nitrogens with one attached hydrogen (secondary N) is 2. The second kappa shape index (κ2) is 8.13. The average molecular weight is 331 g/mol. The summed E-state index contributed by atoms with van der Waals surface area (Å²) in [6, 6.07) is 8.59. The van der Waals surface area contributed by atoms with Crippen molar-refractivity contribution in [1.82, 2.24) is 10.6 Å². The zero-order valence-corrected chi connectivity index (χ0v) is 13.4. The van der Waals surface area contributed by atoms with Gasteiger partial charge >= 0.3 is 6.03 Å². The summed E-state index contributed by atoms with van der Waals surface area (Å²) in [4.78, 5) is 12.0. The molecule has 1 aromatic heterocycles. The van der Waals surface area contributed by atoms with E-state index in [2.05, 4.69) is 10.6 Å². The summed E-state index contributed by atoms with van der Waals surface area (Å²) in [5, 5.41) is 14.0. The SMILES string of the molecule is COC[C@H](NC(=O)NCc1ccc(C#N)cc1F)c1ccc(C)o1. The molecule has 2 aromatic rings. The second-order valence-electron chi connectivity index (χ2n) is 5.20.